The topological polar surface area (TPSA) is 3.24 Å². The lowest BCUT2D eigenvalue weighted by Crippen LogP contribution is -2.18. The van der Waals surface area contributed by atoms with Crippen molar-refractivity contribution in [1.29, 1.82) is 0 Å². The number of nitrogens with zero attached hydrogens (tertiary/aromatic N) is 1. The van der Waals surface area contributed by atoms with Gasteiger partial charge < -0.3 is 4.90 Å². The summed E-state index contributed by atoms with van der Waals surface area (Å²) in [6.07, 6.45) is 8.56. The molecule has 1 heteroatoms. The average molecular weight is 426 g/mol. The van der Waals surface area contributed by atoms with E-state index in [0.29, 0.717) is 0 Å². The van der Waals surface area contributed by atoms with E-state index in [1.807, 2.05) is 0 Å². The van der Waals surface area contributed by atoms with E-state index in [-0.39, 0.29) is 0 Å². The summed E-state index contributed by atoms with van der Waals surface area (Å²) in [5.74, 6) is 0.783. The van der Waals surface area contributed by atoms with Crippen LogP contribution in [-0.4, -0.2) is 7.05 Å². The van der Waals surface area contributed by atoms with Crippen molar-refractivity contribution in [3.8, 4) is 0 Å². The molecule has 1 fully saturated rings. The summed E-state index contributed by atoms with van der Waals surface area (Å²) < 4.78 is 0. The quantitative estimate of drug-likeness (QED) is 0.261. The van der Waals surface area contributed by atoms with Gasteiger partial charge in [-0.25, -0.2) is 0 Å². The van der Waals surface area contributed by atoms with Gasteiger partial charge in [-0.05, 0) is 93.9 Å². The first kappa shape index (κ1) is 18.9. The Kier molecular flexibility index (Phi) is 3.99. The van der Waals surface area contributed by atoms with Crippen LogP contribution in [-0.2, 0) is 0 Å². The Hall–Kier alpha value is -3.58. The first-order valence-electron chi connectivity index (χ1n) is 12.1. The van der Waals surface area contributed by atoms with Gasteiger partial charge in [-0.2, -0.15) is 0 Å². The number of allylic oxidation sites excluding steroid dienone is 4. The van der Waals surface area contributed by atoms with Gasteiger partial charge >= 0.3 is 0 Å². The van der Waals surface area contributed by atoms with E-state index in [0.717, 1.165) is 5.92 Å². The van der Waals surface area contributed by atoms with Gasteiger partial charge in [0.1, 0.15) is 0 Å². The summed E-state index contributed by atoms with van der Waals surface area (Å²) in [4.78, 5) is 2.37. The molecule has 2 aliphatic rings. The van der Waals surface area contributed by atoms with E-state index in [1.165, 1.54) is 79.7 Å². The lowest BCUT2D eigenvalue weighted by atomic mass is 9.72. The molecule has 0 spiro atoms. The zero-order chi connectivity index (χ0) is 22.1. The minimum atomic E-state index is 0.783. The SMILES string of the molecule is Cc1ccc2cc(N(C)c3cccc(C4=CC=C5CCC5C4)c3)c3cccc4ccc1c2c43. The summed E-state index contributed by atoms with van der Waals surface area (Å²) in [5.41, 5.74) is 8.32. The summed E-state index contributed by atoms with van der Waals surface area (Å²) >= 11 is 0. The van der Waals surface area contributed by atoms with Crippen LogP contribution in [0.5, 0.6) is 0 Å². The molecule has 0 radical (unpaired) electrons. The second-order valence-corrected chi connectivity index (χ2v) is 9.88. The van der Waals surface area contributed by atoms with Crippen molar-refractivity contribution < 1.29 is 0 Å². The zero-order valence-electron chi connectivity index (χ0n) is 19.2. The normalized spacial score (nSPS) is 17.7. The maximum atomic E-state index is 2.37. The molecule has 0 heterocycles. The molecule has 0 saturated heterocycles. The van der Waals surface area contributed by atoms with Gasteiger partial charge in [0.15, 0.2) is 0 Å². The highest BCUT2D eigenvalue weighted by Crippen LogP contribution is 2.45. The predicted molar refractivity (Wildman–Crippen MR) is 143 cm³/mol. The molecule has 160 valence electrons. The van der Waals surface area contributed by atoms with E-state index in [9.17, 15) is 0 Å². The Bertz CT molecular complexity index is 1620. The van der Waals surface area contributed by atoms with E-state index >= 15 is 0 Å². The summed E-state index contributed by atoms with van der Waals surface area (Å²) in [7, 11) is 2.21. The maximum Gasteiger partial charge on any atom is 0.0494 e. The molecule has 1 saturated carbocycles. The fourth-order valence-electron chi connectivity index (χ4n) is 6.01. The lowest BCUT2D eigenvalue weighted by Gasteiger charge is -2.33. The minimum Gasteiger partial charge on any atom is -0.344 e. The number of hydrogen-bond donors (Lipinski definition) is 0. The third kappa shape index (κ3) is 2.78. The Morgan fingerprint density at radius 3 is 2.48 bits per heavy atom. The van der Waals surface area contributed by atoms with Crippen molar-refractivity contribution in [1.82, 2.24) is 0 Å². The predicted octanol–water partition coefficient (Wildman–Crippen LogP) is 8.78. The smallest absolute Gasteiger partial charge is 0.0494 e. The van der Waals surface area contributed by atoms with Gasteiger partial charge in [0.25, 0.3) is 0 Å². The van der Waals surface area contributed by atoms with Crippen LogP contribution in [0.4, 0.5) is 11.4 Å². The van der Waals surface area contributed by atoms with Crippen LogP contribution in [0.25, 0.3) is 37.9 Å². The van der Waals surface area contributed by atoms with Crippen LogP contribution in [0.1, 0.15) is 30.4 Å². The van der Waals surface area contributed by atoms with Gasteiger partial charge in [0.2, 0.25) is 0 Å². The van der Waals surface area contributed by atoms with Gasteiger partial charge in [-0.1, -0.05) is 72.3 Å². The highest BCUT2D eigenvalue weighted by atomic mass is 15.1. The minimum absolute atomic E-state index is 0.783. The first-order chi connectivity index (χ1) is 16.2. The second kappa shape index (κ2) is 6.96. The molecule has 0 aromatic heterocycles. The Labute approximate surface area is 195 Å². The van der Waals surface area contributed by atoms with Gasteiger partial charge in [0, 0.05) is 23.8 Å². The largest absolute Gasteiger partial charge is 0.344 e. The monoisotopic (exact) mass is 425 g/mol. The number of anilines is 2. The highest BCUT2D eigenvalue weighted by molar-refractivity contribution is 6.26. The standard InChI is InChI=1S/C32H27N/c1-20-9-10-26-19-30(29-8-4-5-22-15-16-28(20)32(26)31(22)29)33(2)27-7-3-6-23(18-27)25-14-12-21-11-13-24(21)17-25/h3-10,12,14-16,18-19,24H,11,13,17H2,1-2H3. The molecule has 1 nitrogen and oxygen atoms in total. The molecule has 2 aliphatic carbocycles. The number of benzene rings is 5. The van der Waals surface area contributed by atoms with Crippen LogP contribution in [0.3, 0.4) is 0 Å². The number of aryl methyl sites for hydroxylation is 1. The Balaban J connectivity index is 1.39. The summed E-state index contributed by atoms with van der Waals surface area (Å²) in [6.45, 7) is 2.21. The zero-order valence-corrected chi connectivity index (χ0v) is 19.2. The third-order valence-electron chi connectivity index (χ3n) is 8.08. The van der Waals surface area contributed by atoms with Crippen LogP contribution >= 0.6 is 0 Å². The van der Waals surface area contributed by atoms with E-state index in [1.54, 1.807) is 5.57 Å². The summed E-state index contributed by atoms with van der Waals surface area (Å²) in [5, 5.41) is 8.09. The molecule has 1 atom stereocenters. The summed E-state index contributed by atoms with van der Waals surface area (Å²) in [6, 6.07) is 27.3. The van der Waals surface area contributed by atoms with Gasteiger partial charge in [-0.3, -0.25) is 0 Å². The van der Waals surface area contributed by atoms with Crippen molar-refractivity contribution >= 4 is 49.3 Å². The van der Waals surface area contributed by atoms with E-state index in [2.05, 4.69) is 104 Å². The van der Waals surface area contributed by atoms with Gasteiger partial charge in [0.05, 0.1) is 0 Å². The van der Waals surface area contributed by atoms with Crippen molar-refractivity contribution in [3.05, 3.63) is 102 Å². The highest BCUT2D eigenvalue weighted by Gasteiger charge is 2.27. The van der Waals surface area contributed by atoms with Crippen LogP contribution in [0, 0.1) is 12.8 Å². The van der Waals surface area contributed by atoms with Crippen molar-refractivity contribution in [2.75, 3.05) is 11.9 Å². The molecule has 33 heavy (non-hydrogen) atoms. The van der Waals surface area contributed by atoms with Crippen molar-refractivity contribution in [3.63, 3.8) is 0 Å². The lowest BCUT2D eigenvalue weighted by molar-refractivity contribution is 0.449. The molecule has 0 N–H and O–H groups in total. The van der Waals surface area contributed by atoms with E-state index < -0.39 is 0 Å². The van der Waals surface area contributed by atoms with Crippen molar-refractivity contribution in [2.24, 2.45) is 5.92 Å². The fourth-order valence-corrected chi connectivity index (χ4v) is 6.01. The van der Waals surface area contributed by atoms with Gasteiger partial charge in [-0.15, -0.1) is 0 Å². The molecule has 1 unspecified atom stereocenters. The number of rotatable bonds is 3. The maximum absolute atomic E-state index is 2.37. The van der Waals surface area contributed by atoms with E-state index in [4.69, 9.17) is 0 Å². The molecule has 0 bridgehead atoms. The third-order valence-corrected chi connectivity index (χ3v) is 8.08. The number of fused-ring (bicyclic) bond motifs is 1. The Morgan fingerprint density at radius 1 is 0.788 bits per heavy atom. The van der Waals surface area contributed by atoms with Crippen molar-refractivity contribution in [2.45, 2.75) is 26.2 Å². The molecule has 0 amide bonds. The molecule has 7 rings (SSSR count). The number of hydrogen-bond acceptors (Lipinski definition) is 1. The molecule has 5 aromatic rings. The van der Waals surface area contributed by atoms with Crippen LogP contribution < -0.4 is 4.90 Å². The van der Waals surface area contributed by atoms with Crippen LogP contribution in [0.15, 0.2) is 90.5 Å². The van der Waals surface area contributed by atoms with Crippen LogP contribution in [0.2, 0.25) is 0 Å². The Morgan fingerprint density at radius 2 is 1.64 bits per heavy atom. The second-order valence-electron chi connectivity index (χ2n) is 9.88. The first-order valence-corrected chi connectivity index (χ1v) is 12.1. The average Bonchev–Trinajstić information content (AvgIpc) is 2.84. The molecular formula is C32H27N. The fraction of sp³-hybridized carbons (Fsp3) is 0.188. The molecular weight excluding hydrogens is 398 g/mol. The molecule has 5 aromatic carbocycles. The molecule has 0 aliphatic heterocycles.